The van der Waals surface area contributed by atoms with Gasteiger partial charge in [-0.25, -0.2) is 9.38 Å². The number of carbonyl (C=O) groups is 1. The molecule has 1 amide bonds. The molecule has 1 aliphatic rings. The van der Waals surface area contributed by atoms with E-state index in [-0.39, 0.29) is 11.7 Å². The summed E-state index contributed by atoms with van der Waals surface area (Å²) in [5.41, 5.74) is 3.95. The van der Waals surface area contributed by atoms with Gasteiger partial charge in [0.2, 0.25) is 0 Å². The van der Waals surface area contributed by atoms with Crippen LogP contribution in [0.2, 0.25) is 0 Å². The standard InChI is InChI=1S/C27H22FN3OS/c1-2-31-26(32)25(33-27(31)29-22-14-12-21(28)13-15-22)16-20-18-30(17-19-8-4-3-5-9-19)24-11-7-6-10-23(20)24/h3-16,18H,2,17H2,1H3/b25-16+,29-27?. The molecule has 0 bridgehead atoms. The van der Waals surface area contributed by atoms with Gasteiger partial charge in [0.15, 0.2) is 5.17 Å². The van der Waals surface area contributed by atoms with E-state index in [2.05, 4.69) is 40.0 Å². The second kappa shape index (κ2) is 9.08. The van der Waals surface area contributed by atoms with Gasteiger partial charge in [-0.3, -0.25) is 9.69 Å². The van der Waals surface area contributed by atoms with Gasteiger partial charge in [0, 0.05) is 35.8 Å². The van der Waals surface area contributed by atoms with Crippen molar-refractivity contribution in [2.75, 3.05) is 6.54 Å². The molecule has 1 fully saturated rings. The molecule has 33 heavy (non-hydrogen) atoms. The maximum Gasteiger partial charge on any atom is 0.266 e. The van der Waals surface area contributed by atoms with Crippen LogP contribution in [0.25, 0.3) is 17.0 Å². The van der Waals surface area contributed by atoms with Gasteiger partial charge in [-0.15, -0.1) is 0 Å². The number of hydrogen-bond acceptors (Lipinski definition) is 3. The van der Waals surface area contributed by atoms with Crippen LogP contribution in [0.5, 0.6) is 0 Å². The molecule has 1 aliphatic heterocycles. The Labute approximate surface area is 196 Å². The van der Waals surface area contributed by atoms with Crippen molar-refractivity contribution in [2.45, 2.75) is 13.5 Å². The average molecular weight is 456 g/mol. The van der Waals surface area contributed by atoms with Crippen LogP contribution in [0.15, 0.2) is 95.0 Å². The largest absolute Gasteiger partial charge is 0.342 e. The van der Waals surface area contributed by atoms with Gasteiger partial charge in [0.1, 0.15) is 5.82 Å². The first-order chi connectivity index (χ1) is 16.1. The smallest absolute Gasteiger partial charge is 0.266 e. The molecule has 0 saturated carbocycles. The molecule has 6 heteroatoms. The Morgan fingerprint density at radius 1 is 0.970 bits per heavy atom. The molecule has 0 N–H and O–H groups in total. The third-order valence-electron chi connectivity index (χ3n) is 5.56. The zero-order chi connectivity index (χ0) is 22.8. The minimum Gasteiger partial charge on any atom is -0.342 e. The van der Waals surface area contributed by atoms with Crippen LogP contribution < -0.4 is 0 Å². The van der Waals surface area contributed by atoms with Gasteiger partial charge < -0.3 is 4.57 Å². The first-order valence-corrected chi connectivity index (χ1v) is 11.6. The van der Waals surface area contributed by atoms with E-state index in [9.17, 15) is 9.18 Å². The predicted octanol–water partition coefficient (Wildman–Crippen LogP) is 6.45. The number of hydrogen-bond donors (Lipinski definition) is 0. The molecule has 0 aliphatic carbocycles. The van der Waals surface area contributed by atoms with E-state index in [1.165, 1.54) is 29.5 Å². The normalized spacial score (nSPS) is 16.4. The number of amidine groups is 1. The molecule has 0 spiro atoms. The lowest BCUT2D eigenvalue weighted by atomic mass is 10.1. The molecular formula is C27H22FN3OS. The number of likely N-dealkylation sites (N-methyl/N-ethyl adjacent to an activating group) is 1. The van der Waals surface area contributed by atoms with Crippen LogP contribution in [0.1, 0.15) is 18.1 Å². The number of para-hydroxylation sites is 1. The number of aromatic nitrogens is 1. The lowest BCUT2D eigenvalue weighted by Gasteiger charge is -2.11. The van der Waals surface area contributed by atoms with Crippen LogP contribution in [0.3, 0.4) is 0 Å². The van der Waals surface area contributed by atoms with E-state index in [0.717, 1.165) is 23.0 Å². The van der Waals surface area contributed by atoms with Crippen LogP contribution >= 0.6 is 11.8 Å². The van der Waals surface area contributed by atoms with Gasteiger partial charge in [-0.05, 0) is 60.7 Å². The summed E-state index contributed by atoms with van der Waals surface area (Å²) in [7, 11) is 0. The van der Waals surface area contributed by atoms with E-state index in [4.69, 9.17) is 0 Å². The van der Waals surface area contributed by atoms with Gasteiger partial charge in [-0.2, -0.15) is 0 Å². The highest BCUT2D eigenvalue weighted by Crippen LogP contribution is 2.35. The second-order valence-electron chi connectivity index (χ2n) is 7.75. The topological polar surface area (TPSA) is 37.6 Å². The number of nitrogens with zero attached hydrogens (tertiary/aromatic N) is 3. The Balaban J connectivity index is 1.51. The molecule has 3 aromatic carbocycles. The molecule has 4 nitrogen and oxygen atoms in total. The lowest BCUT2D eigenvalue weighted by molar-refractivity contribution is -0.122. The fourth-order valence-electron chi connectivity index (χ4n) is 3.94. The summed E-state index contributed by atoms with van der Waals surface area (Å²) in [6, 6.07) is 24.5. The van der Waals surface area contributed by atoms with Crippen molar-refractivity contribution < 1.29 is 9.18 Å². The molecule has 0 atom stereocenters. The molecule has 2 heterocycles. The summed E-state index contributed by atoms with van der Waals surface area (Å²) in [6.45, 7) is 3.19. The SMILES string of the molecule is CCN1C(=O)/C(=C\c2cn(Cc3ccccc3)c3ccccc23)SC1=Nc1ccc(F)cc1. The van der Waals surface area contributed by atoms with Crippen molar-refractivity contribution in [3.8, 4) is 0 Å². The number of benzene rings is 3. The van der Waals surface area contributed by atoms with E-state index in [1.54, 1.807) is 17.0 Å². The van der Waals surface area contributed by atoms with Gasteiger partial charge >= 0.3 is 0 Å². The number of halogens is 1. The van der Waals surface area contributed by atoms with Crippen molar-refractivity contribution in [3.05, 3.63) is 107 Å². The van der Waals surface area contributed by atoms with Crippen LogP contribution in [-0.2, 0) is 11.3 Å². The van der Waals surface area contributed by atoms with Crippen LogP contribution in [-0.4, -0.2) is 27.1 Å². The minimum atomic E-state index is -0.311. The highest BCUT2D eigenvalue weighted by atomic mass is 32.2. The number of aliphatic imine (C=N–C) groups is 1. The number of rotatable bonds is 5. The minimum absolute atomic E-state index is 0.0664. The number of thioether (sulfide) groups is 1. The summed E-state index contributed by atoms with van der Waals surface area (Å²) in [5.74, 6) is -0.378. The molecule has 164 valence electrons. The zero-order valence-corrected chi connectivity index (χ0v) is 18.9. The molecule has 1 aromatic heterocycles. The summed E-state index contributed by atoms with van der Waals surface area (Å²) >= 11 is 1.35. The molecule has 0 radical (unpaired) electrons. The Morgan fingerprint density at radius 2 is 1.70 bits per heavy atom. The van der Waals surface area contributed by atoms with E-state index < -0.39 is 0 Å². The molecule has 5 rings (SSSR count). The van der Waals surface area contributed by atoms with Crippen molar-refractivity contribution >= 4 is 45.5 Å². The first kappa shape index (κ1) is 21.2. The highest BCUT2D eigenvalue weighted by molar-refractivity contribution is 8.18. The summed E-state index contributed by atoms with van der Waals surface area (Å²) in [6.07, 6.45) is 4.05. The van der Waals surface area contributed by atoms with Crippen LogP contribution in [0.4, 0.5) is 10.1 Å². The predicted molar refractivity (Wildman–Crippen MR) is 134 cm³/mol. The Bertz CT molecular complexity index is 1370. The third kappa shape index (κ3) is 4.34. The monoisotopic (exact) mass is 455 g/mol. The third-order valence-corrected chi connectivity index (χ3v) is 6.56. The van der Waals surface area contributed by atoms with E-state index in [1.807, 2.05) is 43.3 Å². The van der Waals surface area contributed by atoms with E-state index >= 15 is 0 Å². The number of amides is 1. The highest BCUT2D eigenvalue weighted by Gasteiger charge is 2.32. The lowest BCUT2D eigenvalue weighted by Crippen LogP contribution is -2.28. The van der Waals surface area contributed by atoms with Crippen LogP contribution in [0, 0.1) is 5.82 Å². The van der Waals surface area contributed by atoms with Gasteiger partial charge in [0.25, 0.3) is 5.91 Å². The van der Waals surface area contributed by atoms with Crippen molar-refractivity contribution in [1.29, 1.82) is 0 Å². The second-order valence-corrected chi connectivity index (χ2v) is 8.76. The summed E-state index contributed by atoms with van der Waals surface area (Å²) in [4.78, 5) is 20.0. The maximum atomic E-state index is 13.2. The Hall–Kier alpha value is -3.64. The summed E-state index contributed by atoms with van der Waals surface area (Å²) in [5, 5.41) is 1.70. The van der Waals surface area contributed by atoms with E-state index in [0.29, 0.717) is 22.3 Å². The van der Waals surface area contributed by atoms with Crippen molar-refractivity contribution in [3.63, 3.8) is 0 Å². The van der Waals surface area contributed by atoms with Crippen molar-refractivity contribution in [2.24, 2.45) is 4.99 Å². The zero-order valence-electron chi connectivity index (χ0n) is 18.1. The van der Waals surface area contributed by atoms with Gasteiger partial charge in [-0.1, -0.05) is 48.5 Å². The summed E-state index contributed by atoms with van der Waals surface area (Å²) < 4.78 is 15.5. The average Bonchev–Trinajstić information content (AvgIpc) is 3.33. The molecular weight excluding hydrogens is 433 g/mol. The molecule has 1 saturated heterocycles. The molecule has 0 unspecified atom stereocenters. The number of carbonyl (C=O) groups excluding carboxylic acids is 1. The number of fused-ring (bicyclic) bond motifs is 1. The quantitative estimate of drug-likeness (QED) is 0.324. The van der Waals surface area contributed by atoms with Gasteiger partial charge in [0.05, 0.1) is 10.6 Å². The Morgan fingerprint density at radius 3 is 2.45 bits per heavy atom. The fraction of sp³-hybridized carbons (Fsp3) is 0.111. The molecule has 4 aromatic rings. The van der Waals surface area contributed by atoms with Crippen molar-refractivity contribution in [1.82, 2.24) is 9.47 Å². The fourth-order valence-corrected chi connectivity index (χ4v) is 4.99. The first-order valence-electron chi connectivity index (χ1n) is 10.8. The Kier molecular flexibility index (Phi) is 5.84. The maximum absolute atomic E-state index is 13.2.